The fraction of sp³-hybridized carbons (Fsp3) is 0.357. The molecule has 4 aromatic heterocycles. The first-order chi connectivity index (χ1) is 20.3. The summed E-state index contributed by atoms with van der Waals surface area (Å²) < 4.78 is 8.16. The molecule has 0 aromatic carbocycles. The van der Waals surface area contributed by atoms with Crippen LogP contribution in [0.1, 0.15) is 54.5 Å². The summed E-state index contributed by atoms with van der Waals surface area (Å²) in [5, 5.41) is 10.3. The molecule has 0 bridgehead atoms. The van der Waals surface area contributed by atoms with Gasteiger partial charge in [0.15, 0.2) is 11.5 Å². The molecule has 0 saturated heterocycles. The van der Waals surface area contributed by atoms with Gasteiger partial charge in [-0.2, -0.15) is 9.61 Å². The Morgan fingerprint density at radius 1 is 1.07 bits per heavy atom. The minimum absolute atomic E-state index is 0.105. The highest BCUT2D eigenvalue weighted by Gasteiger charge is 2.28. The number of fused-ring (bicyclic) bond motifs is 1. The number of rotatable bonds is 7. The number of nitrogens with zero attached hydrogens (tertiary/aromatic N) is 8. The van der Waals surface area contributed by atoms with Crippen LogP contribution in [0.25, 0.3) is 11.5 Å². The van der Waals surface area contributed by atoms with E-state index >= 15 is 0 Å². The van der Waals surface area contributed by atoms with Crippen molar-refractivity contribution < 1.29 is 19.1 Å². The summed E-state index contributed by atoms with van der Waals surface area (Å²) >= 11 is 0. The first-order valence-electron chi connectivity index (χ1n) is 13.5. The van der Waals surface area contributed by atoms with Gasteiger partial charge in [0.1, 0.15) is 34.2 Å². The maximum Gasteiger partial charge on any atom is 0.415 e. The molecule has 3 amide bonds. The van der Waals surface area contributed by atoms with Crippen LogP contribution in [0.2, 0.25) is 0 Å². The number of hydrogen-bond acceptors (Lipinski definition) is 10. The van der Waals surface area contributed by atoms with E-state index in [-0.39, 0.29) is 57.9 Å². The highest BCUT2D eigenvalue weighted by Crippen LogP contribution is 2.26. The molecule has 224 valence electrons. The molecule has 2 N–H and O–H groups in total. The molecule has 0 unspecified atom stereocenters. The molecule has 0 spiro atoms. The molecule has 0 atom stereocenters. The van der Waals surface area contributed by atoms with Crippen molar-refractivity contribution in [1.82, 2.24) is 39.3 Å². The Kier molecular flexibility index (Phi) is 7.56. The predicted octanol–water partition coefficient (Wildman–Crippen LogP) is 2.38. The minimum Gasteiger partial charge on any atom is -0.443 e. The Labute approximate surface area is 246 Å². The molecule has 0 radical (unpaired) electrons. The van der Waals surface area contributed by atoms with Gasteiger partial charge in [0.05, 0.1) is 18.6 Å². The third-order valence-corrected chi connectivity index (χ3v) is 6.34. The van der Waals surface area contributed by atoms with Crippen molar-refractivity contribution in [2.75, 3.05) is 31.4 Å². The zero-order chi connectivity index (χ0) is 31.1. The van der Waals surface area contributed by atoms with Crippen LogP contribution in [0, 0.1) is 0 Å². The summed E-state index contributed by atoms with van der Waals surface area (Å²) in [6.07, 6.45) is 6.68. The molecule has 1 fully saturated rings. The lowest BCUT2D eigenvalue weighted by molar-refractivity contribution is 0.0587. The van der Waals surface area contributed by atoms with E-state index in [1.807, 2.05) is 0 Å². The molecule has 15 nitrogen and oxygen atoms in total. The maximum absolute atomic E-state index is 13.5. The molecule has 0 aliphatic heterocycles. The second-order valence-corrected chi connectivity index (χ2v) is 11.3. The lowest BCUT2D eigenvalue weighted by Crippen LogP contribution is -2.35. The molecule has 5 rings (SSSR count). The van der Waals surface area contributed by atoms with Crippen LogP contribution in [-0.4, -0.2) is 84.7 Å². The van der Waals surface area contributed by atoms with Gasteiger partial charge in [-0.15, -0.1) is 0 Å². The van der Waals surface area contributed by atoms with Gasteiger partial charge in [0.2, 0.25) is 0 Å². The van der Waals surface area contributed by atoms with E-state index in [1.165, 1.54) is 56.8 Å². The monoisotopic (exact) mass is 588 g/mol. The second kappa shape index (κ2) is 11.2. The predicted molar refractivity (Wildman–Crippen MR) is 157 cm³/mol. The fourth-order valence-electron chi connectivity index (χ4n) is 4.02. The standard InChI is InChI=1S/C28H32N10O5/c1-28(2,3)43-27(42)36(6)22-12-20(34-23-17(13-31-38(22)23)24(39)32-16-9-10-16)33-18-8-7-11-37(26(18)41)21-15-29-19(14-30-21)25(40)35(4)5/h7-8,11-16H,9-10H2,1-6H3,(H,32,39)(H,33,34). The summed E-state index contributed by atoms with van der Waals surface area (Å²) in [4.78, 5) is 67.2. The molecule has 1 aliphatic rings. The summed E-state index contributed by atoms with van der Waals surface area (Å²) in [6, 6.07) is 4.80. The third kappa shape index (κ3) is 6.29. The minimum atomic E-state index is -0.756. The largest absolute Gasteiger partial charge is 0.443 e. The molecule has 1 aliphatic carbocycles. The zero-order valence-electron chi connectivity index (χ0n) is 24.7. The summed E-state index contributed by atoms with van der Waals surface area (Å²) in [5.74, 6) is -0.0416. The number of amides is 3. The SMILES string of the molecule is CN(C)C(=O)c1cnc(-n2cccc(Nc3cc(N(C)C(=O)OC(C)(C)C)n4ncc(C(=O)NC5CC5)c4n3)c2=O)cn1. The quantitative estimate of drug-likeness (QED) is 0.327. The van der Waals surface area contributed by atoms with E-state index in [9.17, 15) is 19.2 Å². The van der Waals surface area contributed by atoms with Gasteiger partial charge in [0.25, 0.3) is 17.4 Å². The van der Waals surface area contributed by atoms with Crippen LogP contribution < -0.4 is 21.1 Å². The topological polar surface area (TPSA) is 169 Å². The molecule has 43 heavy (non-hydrogen) atoms. The number of pyridine rings is 1. The smallest absolute Gasteiger partial charge is 0.415 e. The Morgan fingerprint density at radius 3 is 2.44 bits per heavy atom. The van der Waals surface area contributed by atoms with Crippen molar-refractivity contribution in [2.45, 2.75) is 45.3 Å². The van der Waals surface area contributed by atoms with Gasteiger partial charge in [-0.3, -0.25) is 23.9 Å². The fourth-order valence-corrected chi connectivity index (χ4v) is 4.02. The van der Waals surface area contributed by atoms with Gasteiger partial charge >= 0.3 is 6.09 Å². The molecule has 4 heterocycles. The molecule has 1 saturated carbocycles. The van der Waals surface area contributed by atoms with Crippen LogP contribution >= 0.6 is 0 Å². The molecular formula is C28H32N10O5. The van der Waals surface area contributed by atoms with Gasteiger partial charge in [-0.05, 0) is 45.7 Å². The van der Waals surface area contributed by atoms with Crippen LogP contribution in [-0.2, 0) is 4.74 Å². The summed E-state index contributed by atoms with van der Waals surface area (Å²) in [6.45, 7) is 5.25. The first-order valence-corrected chi connectivity index (χ1v) is 13.5. The zero-order valence-corrected chi connectivity index (χ0v) is 24.7. The highest BCUT2D eigenvalue weighted by molar-refractivity contribution is 6.00. The van der Waals surface area contributed by atoms with E-state index in [0.29, 0.717) is 0 Å². The van der Waals surface area contributed by atoms with Crippen LogP contribution in [0.5, 0.6) is 0 Å². The van der Waals surface area contributed by atoms with E-state index in [1.54, 1.807) is 47.0 Å². The van der Waals surface area contributed by atoms with Crippen molar-refractivity contribution in [3.63, 3.8) is 0 Å². The molecule has 15 heteroatoms. The lowest BCUT2D eigenvalue weighted by Gasteiger charge is -2.25. The number of carbonyl (C=O) groups is 3. The van der Waals surface area contributed by atoms with Crippen molar-refractivity contribution in [2.24, 2.45) is 0 Å². The maximum atomic E-state index is 13.5. The normalized spacial score (nSPS) is 13.0. The van der Waals surface area contributed by atoms with Crippen LogP contribution in [0.15, 0.2) is 47.8 Å². The Hall–Kier alpha value is -5.34. The van der Waals surface area contributed by atoms with Crippen molar-refractivity contribution >= 4 is 40.9 Å². The van der Waals surface area contributed by atoms with E-state index in [4.69, 9.17) is 4.74 Å². The van der Waals surface area contributed by atoms with Gasteiger partial charge in [0, 0.05) is 39.4 Å². The highest BCUT2D eigenvalue weighted by atomic mass is 16.6. The van der Waals surface area contributed by atoms with Crippen molar-refractivity contribution in [1.29, 1.82) is 0 Å². The lowest BCUT2D eigenvalue weighted by atomic mass is 10.2. The summed E-state index contributed by atoms with van der Waals surface area (Å²) in [5.41, 5.74) is -0.582. The third-order valence-electron chi connectivity index (χ3n) is 6.34. The number of nitrogens with one attached hydrogen (secondary N) is 2. The average Bonchev–Trinajstić information content (AvgIpc) is 3.66. The number of ether oxygens (including phenoxy) is 1. The Morgan fingerprint density at radius 2 is 1.81 bits per heavy atom. The molecular weight excluding hydrogens is 556 g/mol. The second-order valence-electron chi connectivity index (χ2n) is 11.3. The Balaban J connectivity index is 1.53. The van der Waals surface area contributed by atoms with Crippen LogP contribution in [0.4, 0.5) is 22.1 Å². The van der Waals surface area contributed by atoms with Crippen molar-refractivity contribution in [3.05, 3.63) is 64.6 Å². The van der Waals surface area contributed by atoms with E-state index < -0.39 is 17.3 Å². The number of aromatic nitrogens is 6. The van der Waals surface area contributed by atoms with Crippen LogP contribution in [0.3, 0.4) is 0 Å². The molecule has 4 aromatic rings. The number of hydrogen-bond donors (Lipinski definition) is 2. The van der Waals surface area contributed by atoms with Gasteiger partial charge in [-0.1, -0.05) is 0 Å². The number of anilines is 3. The van der Waals surface area contributed by atoms with E-state index in [0.717, 1.165) is 12.8 Å². The first kappa shape index (κ1) is 29.2. The average molecular weight is 589 g/mol. The van der Waals surface area contributed by atoms with E-state index in [2.05, 4.69) is 30.7 Å². The van der Waals surface area contributed by atoms with Crippen molar-refractivity contribution in [3.8, 4) is 5.82 Å². The van der Waals surface area contributed by atoms with Gasteiger partial charge < -0.3 is 20.3 Å². The van der Waals surface area contributed by atoms with Gasteiger partial charge in [-0.25, -0.2) is 19.7 Å². The number of carbonyl (C=O) groups excluding carboxylic acids is 3. The Bertz CT molecular complexity index is 1770. The summed E-state index contributed by atoms with van der Waals surface area (Å²) in [7, 11) is 4.72.